The first-order chi connectivity index (χ1) is 28.8. The van der Waals surface area contributed by atoms with Gasteiger partial charge in [0.25, 0.3) is 0 Å². The minimum Gasteiger partial charge on any atom is -0.310 e. The lowest BCUT2D eigenvalue weighted by atomic mass is 9.67. The van der Waals surface area contributed by atoms with Crippen molar-refractivity contribution in [2.75, 3.05) is 4.90 Å². The van der Waals surface area contributed by atoms with Crippen molar-refractivity contribution >= 4 is 70.4 Å². The molecule has 0 fully saturated rings. The van der Waals surface area contributed by atoms with Crippen LogP contribution in [0.1, 0.15) is 22.3 Å². The molecule has 2 aromatic heterocycles. The molecule has 0 aliphatic heterocycles. The molecule has 1 aliphatic carbocycles. The Kier molecular flexibility index (Phi) is 7.35. The minimum absolute atomic E-state index is 0.682. The molecule has 0 saturated heterocycles. The lowest BCUT2D eigenvalue weighted by molar-refractivity contribution is 0.772. The largest absolute Gasteiger partial charge is 0.310 e. The van der Waals surface area contributed by atoms with Crippen molar-refractivity contribution in [1.29, 1.82) is 0 Å². The van der Waals surface area contributed by atoms with Gasteiger partial charge in [-0.2, -0.15) is 0 Å². The second-order valence-corrected chi connectivity index (χ2v) is 16.2. The Morgan fingerprint density at radius 1 is 0.448 bits per heavy atom. The molecule has 0 saturated carbocycles. The fourth-order valence-electron chi connectivity index (χ4n) is 9.98. The molecule has 0 atom stereocenters. The third-order valence-corrected chi connectivity index (χ3v) is 13.4. The first-order valence-electron chi connectivity index (χ1n) is 19.9. The number of hydrogen-bond acceptors (Lipinski definition) is 2. The number of hydrogen-bond donors (Lipinski definition) is 0. The predicted molar refractivity (Wildman–Crippen MR) is 246 cm³/mol. The van der Waals surface area contributed by atoms with Crippen molar-refractivity contribution in [1.82, 2.24) is 4.57 Å². The Balaban J connectivity index is 1.34. The van der Waals surface area contributed by atoms with E-state index in [2.05, 4.69) is 228 Å². The summed E-state index contributed by atoms with van der Waals surface area (Å²) in [5.41, 5.74) is 14.0. The fourth-order valence-corrected chi connectivity index (χ4v) is 11.2. The van der Waals surface area contributed by atoms with Gasteiger partial charge in [0, 0.05) is 59.3 Å². The lowest BCUT2D eigenvalue weighted by Gasteiger charge is -2.35. The smallest absolute Gasteiger partial charge is 0.0735 e. The zero-order chi connectivity index (χ0) is 38.2. The van der Waals surface area contributed by atoms with Crippen molar-refractivity contribution < 1.29 is 0 Å². The Labute approximate surface area is 341 Å². The number of benzene rings is 9. The van der Waals surface area contributed by atoms with Gasteiger partial charge >= 0.3 is 0 Å². The SMILES string of the molecule is c1ccc(N(c2ccccc2)c2ccc3c(c2)C(c2ccccc2)(c2ccccc2)c2c-3c3c4ccccc4sc3c3c4ccccc4n(-c4ccccc4)c23)cc1. The highest BCUT2D eigenvalue weighted by Crippen LogP contribution is 2.63. The molecule has 0 N–H and O–H groups in total. The molecule has 58 heavy (non-hydrogen) atoms. The molecule has 272 valence electrons. The minimum atomic E-state index is -0.682. The third kappa shape index (κ3) is 4.59. The van der Waals surface area contributed by atoms with Gasteiger partial charge in [-0.3, -0.25) is 0 Å². The molecule has 1 aliphatic rings. The number of fused-ring (bicyclic) bond motifs is 12. The van der Waals surface area contributed by atoms with Crippen LogP contribution in [0.5, 0.6) is 0 Å². The number of nitrogens with zero attached hydrogens (tertiary/aromatic N) is 2. The molecular formula is C55H36N2S. The number of aromatic nitrogens is 1. The quantitative estimate of drug-likeness (QED) is 0.164. The highest BCUT2D eigenvalue weighted by Gasteiger charge is 2.50. The number of para-hydroxylation sites is 4. The molecule has 11 aromatic rings. The van der Waals surface area contributed by atoms with Gasteiger partial charge in [0.05, 0.1) is 16.4 Å². The third-order valence-electron chi connectivity index (χ3n) is 12.2. The van der Waals surface area contributed by atoms with Gasteiger partial charge in [-0.1, -0.05) is 158 Å². The average molecular weight is 757 g/mol. The maximum Gasteiger partial charge on any atom is 0.0735 e. The van der Waals surface area contributed by atoms with E-state index in [0.29, 0.717) is 0 Å². The molecule has 9 aromatic carbocycles. The summed E-state index contributed by atoms with van der Waals surface area (Å²) in [5.74, 6) is 0. The van der Waals surface area contributed by atoms with Gasteiger partial charge in [0.1, 0.15) is 0 Å². The molecule has 12 rings (SSSR count). The average Bonchev–Trinajstić information content (AvgIpc) is 3.95. The van der Waals surface area contributed by atoms with E-state index in [1.807, 2.05) is 11.3 Å². The lowest BCUT2D eigenvalue weighted by Crippen LogP contribution is -2.29. The first-order valence-corrected chi connectivity index (χ1v) is 20.8. The fraction of sp³-hybridized carbons (Fsp3) is 0.0182. The van der Waals surface area contributed by atoms with Gasteiger partial charge in [-0.25, -0.2) is 0 Å². The van der Waals surface area contributed by atoms with Crippen LogP contribution in [0.3, 0.4) is 0 Å². The van der Waals surface area contributed by atoms with E-state index in [0.717, 1.165) is 22.7 Å². The van der Waals surface area contributed by atoms with Crippen LogP contribution in [0.2, 0.25) is 0 Å². The summed E-state index contributed by atoms with van der Waals surface area (Å²) in [6, 6.07) is 80.3. The molecule has 2 nitrogen and oxygen atoms in total. The summed E-state index contributed by atoms with van der Waals surface area (Å²) in [7, 11) is 0. The van der Waals surface area contributed by atoms with Crippen LogP contribution in [-0.4, -0.2) is 4.57 Å². The van der Waals surface area contributed by atoms with Crippen molar-refractivity contribution in [2.24, 2.45) is 0 Å². The van der Waals surface area contributed by atoms with Gasteiger partial charge in [0.15, 0.2) is 0 Å². The predicted octanol–water partition coefficient (Wildman–Crippen LogP) is 15.0. The number of anilines is 3. The van der Waals surface area contributed by atoms with Crippen molar-refractivity contribution in [2.45, 2.75) is 5.41 Å². The topological polar surface area (TPSA) is 8.17 Å². The van der Waals surface area contributed by atoms with Crippen molar-refractivity contribution in [3.63, 3.8) is 0 Å². The summed E-state index contributed by atoms with van der Waals surface area (Å²) in [4.78, 5) is 2.40. The zero-order valence-electron chi connectivity index (χ0n) is 31.6. The molecule has 0 unspecified atom stereocenters. The Bertz CT molecular complexity index is 3230. The van der Waals surface area contributed by atoms with Gasteiger partial charge in [-0.05, 0) is 88.5 Å². The summed E-state index contributed by atoms with van der Waals surface area (Å²) in [5, 5.41) is 5.23. The van der Waals surface area contributed by atoms with Crippen LogP contribution in [0.15, 0.2) is 218 Å². The molecule has 2 heterocycles. The van der Waals surface area contributed by atoms with E-state index < -0.39 is 5.41 Å². The molecule has 0 spiro atoms. The Morgan fingerprint density at radius 2 is 0.983 bits per heavy atom. The maximum atomic E-state index is 2.56. The Hall–Kier alpha value is -7.20. The highest BCUT2D eigenvalue weighted by atomic mass is 32.1. The first kappa shape index (κ1) is 33.0. The van der Waals surface area contributed by atoms with Crippen molar-refractivity contribution in [3.8, 4) is 16.8 Å². The van der Waals surface area contributed by atoms with E-state index in [-0.39, 0.29) is 0 Å². The molecule has 0 amide bonds. The molecular weight excluding hydrogens is 721 g/mol. The summed E-state index contributed by atoms with van der Waals surface area (Å²) < 4.78 is 5.20. The number of thiophene rings is 1. The Morgan fingerprint density at radius 3 is 1.62 bits per heavy atom. The van der Waals surface area contributed by atoms with Gasteiger partial charge in [0.2, 0.25) is 0 Å². The molecule has 3 heteroatoms. The second kappa shape index (κ2) is 12.9. The van der Waals surface area contributed by atoms with Crippen LogP contribution in [0, 0.1) is 0 Å². The summed E-state index contributed by atoms with van der Waals surface area (Å²) in [6.45, 7) is 0. The molecule has 0 bridgehead atoms. The van der Waals surface area contributed by atoms with Crippen LogP contribution in [0.4, 0.5) is 17.1 Å². The highest BCUT2D eigenvalue weighted by molar-refractivity contribution is 7.27. The normalized spacial score (nSPS) is 13.0. The van der Waals surface area contributed by atoms with E-state index >= 15 is 0 Å². The van der Waals surface area contributed by atoms with E-state index in [1.54, 1.807) is 0 Å². The van der Waals surface area contributed by atoms with E-state index in [4.69, 9.17) is 0 Å². The van der Waals surface area contributed by atoms with Gasteiger partial charge in [-0.15, -0.1) is 11.3 Å². The van der Waals surface area contributed by atoms with E-state index in [9.17, 15) is 0 Å². The van der Waals surface area contributed by atoms with Crippen LogP contribution >= 0.6 is 11.3 Å². The standard InChI is InChI=1S/C55H36N2S/c1-6-20-37(21-7-1)55(38-22-8-2-9-23-38)46-36-42(56(39-24-10-3-11-25-39)40-26-12-4-13-27-40)34-35-43(46)49-50-45-31-17-19-33-48(45)58-54(50)51-44-30-16-18-32-47(44)57(53(51)52(49)55)41-28-14-5-15-29-41/h1-36H. The summed E-state index contributed by atoms with van der Waals surface area (Å²) in [6.07, 6.45) is 0. The zero-order valence-corrected chi connectivity index (χ0v) is 32.4. The van der Waals surface area contributed by atoms with Gasteiger partial charge < -0.3 is 9.47 Å². The van der Waals surface area contributed by atoms with Crippen LogP contribution in [-0.2, 0) is 5.41 Å². The van der Waals surface area contributed by atoms with E-state index in [1.165, 1.54) is 75.4 Å². The summed E-state index contributed by atoms with van der Waals surface area (Å²) >= 11 is 1.93. The second-order valence-electron chi connectivity index (χ2n) is 15.2. The van der Waals surface area contributed by atoms with Crippen molar-refractivity contribution in [3.05, 3.63) is 241 Å². The van der Waals surface area contributed by atoms with Crippen LogP contribution in [0.25, 0.3) is 58.8 Å². The molecule has 0 radical (unpaired) electrons. The van der Waals surface area contributed by atoms with Crippen LogP contribution < -0.4 is 4.90 Å². The monoisotopic (exact) mass is 756 g/mol. The number of rotatable bonds is 6. The maximum absolute atomic E-state index is 2.56.